The Morgan fingerprint density at radius 2 is 1.61 bits per heavy atom. The number of nitrogens with one attached hydrogen (secondary N) is 1. The maximum absolute atomic E-state index is 13.8. The first-order valence-corrected chi connectivity index (χ1v) is 15.4. The van der Waals surface area contributed by atoms with Gasteiger partial charge in [-0.3, -0.25) is 14.4 Å². The number of rotatable bonds is 12. The van der Waals surface area contributed by atoms with Gasteiger partial charge in [-0.05, 0) is 41.7 Å². The number of nitrogens with zero attached hydrogens (tertiary/aromatic N) is 2. The standard InChI is InChI=1S/C31H34ClN3O5S/c1-22(2)20-33-30(37)27(19-23-11-4-3-5-12-23)34(21-24-13-6-8-15-26(24)32)29(36)17-10-18-35-31(38)25-14-7-9-16-28(25)41(35,39)40/h3-9,11-16,22,27H,10,17-21H2,1-2H3,(H,33,37)/t27-/m0/s1. The monoisotopic (exact) mass is 595 g/mol. The molecule has 0 saturated carbocycles. The van der Waals surface area contributed by atoms with E-state index in [9.17, 15) is 22.8 Å². The van der Waals surface area contributed by atoms with Crippen LogP contribution in [0.4, 0.5) is 0 Å². The maximum atomic E-state index is 13.8. The Balaban J connectivity index is 1.57. The van der Waals surface area contributed by atoms with Gasteiger partial charge in [-0.25, -0.2) is 12.7 Å². The van der Waals surface area contributed by atoms with Crippen LogP contribution in [0.15, 0.2) is 83.8 Å². The van der Waals surface area contributed by atoms with E-state index in [4.69, 9.17) is 11.6 Å². The number of benzene rings is 3. The van der Waals surface area contributed by atoms with Crippen LogP contribution in [-0.4, -0.2) is 54.5 Å². The van der Waals surface area contributed by atoms with Gasteiger partial charge in [-0.1, -0.05) is 86.1 Å². The number of hydrogen-bond acceptors (Lipinski definition) is 5. The summed E-state index contributed by atoms with van der Waals surface area (Å²) in [5.74, 6) is -1.01. The van der Waals surface area contributed by atoms with Crippen molar-refractivity contribution in [2.75, 3.05) is 13.1 Å². The zero-order valence-electron chi connectivity index (χ0n) is 23.1. The van der Waals surface area contributed by atoms with Crippen LogP contribution < -0.4 is 5.32 Å². The van der Waals surface area contributed by atoms with Gasteiger partial charge < -0.3 is 10.2 Å². The summed E-state index contributed by atoms with van der Waals surface area (Å²) in [5.41, 5.74) is 1.70. The van der Waals surface area contributed by atoms with E-state index in [-0.39, 0.29) is 60.5 Å². The van der Waals surface area contributed by atoms with Gasteiger partial charge in [-0.2, -0.15) is 0 Å². The topological polar surface area (TPSA) is 104 Å². The number of amides is 3. The number of hydrogen-bond donors (Lipinski definition) is 1. The molecule has 3 aromatic carbocycles. The molecule has 1 N–H and O–H groups in total. The summed E-state index contributed by atoms with van der Waals surface area (Å²) in [6, 6.07) is 21.8. The summed E-state index contributed by atoms with van der Waals surface area (Å²) in [5, 5.41) is 3.44. The second-order valence-electron chi connectivity index (χ2n) is 10.4. The molecular formula is C31H34ClN3O5S. The highest BCUT2D eigenvalue weighted by Crippen LogP contribution is 2.30. The van der Waals surface area contributed by atoms with Crippen molar-refractivity contribution in [1.29, 1.82) is 0 Å². The zero-order chi connectivity index (χ0) is 29.6. The lowest BCUT2D eigenvalue weighted by Crippen LogP contribution is -2.51. The molecule has 41 heavy (non-hydrogen) atoms. The van der Waals surface area contributed by atoms with Crippen molar-refractivity contribution in [3.8, 4) is 0 Å². The van der Waals surface area contributed by atoms with Crippen LogP contribution >= 0.6 is 11.6 Å². The molecule has 10 heteroatoms. The number of sulfonamides is 1. The fourth-order valence-corrected chi connectivity index (χ4v) is 6.56. The third kappa shape index (κ3) is 7.15. The molecule has 216 valence electrons. The van der Waals surface area contributed by atoms with Gasteiger partial charge >= 0.3 is 0 Å². The van der Waals surface area contributed by atoms with Gasteiger partial charge in [-0.15, -0.1) is 0 Å². The molecule has 0 aliphatic carbocycles. The van der Waals surface area contributed by atoms with Crippen molar-refractivity contribution in [2.24, 2.45) is 5.92 Å². The van der Waals surface area contributed by atoms with Gasteiger partial charge in [0.25, 0.3) is 15.9 Å². The molecule has 0 spiro atoms. The van der Waals surface area contributed by atoms with Crippen LogP contribution in [0.1, 0.15) is 48.2 Å². The molecule has 0 unspecified atom stereocenters. The lowest BCUT2D eigenvalue weighted by atomic mass is 10.0. The molecule has 4 rings (SSSR count). The summed E-state index contributed by atoms with van der Waals surface area (Å²) in [4.78, 5) is 41.7. The van der Waals surface area contributed by atoms with Gasteiger partial charge in [0.1, 0.15) is 10.9 Å². The van der Waals surface area contributed by atoms with Crippen LogP contribution in [0.2, 0.25) is 5.02 Å². The minimum Gasteiger partial charge on any atom is -0.354 e. The molecule has 0 aromatic heterocycles. The average molecular weight is 596 g/mol. The normalized spacial score (nSPS) is 14.5. The molecule has 1 aliphatic rings. The number of fused-ring (bicyclic) bond motifs is 1. The van der Waals surface area contributed by atoms with Crippen molar-refractivity contribution < 1.29 is 22.8 Å². The van der Waals surface area contributed by atoms with Gasteiger partial charge in [0.2, 0.25) is 11.8 Å². The lowest BCUT2D eigenvalue weighted by Gasteiger charge is -2.32. The highest BCUT2D eigenvalue weighted by Gasteiger charge is 2.40. The summed E-state index contributed by atoms with van der Waals surface area (Å²) in [6.45, 7) is 4.38. The Labute approximate surface area is 246 Å². The van der Waals surface area contributed by atoms with Crippen molar-refractivity contribution in [1.82, 2.24) is 14.5 Å². The predicted octanol–water partition coefficient (Wildman–Crippen LogP) is 4.68. The fraction of sp³-hybridized carbons (Fsp3) is 0.323. The van der Waals surface area contributed by atoms with Crippen molar-refractivity contribution in [3.05, 3.63) is 101 Å². The van der Waals surface area contributed by atoms with Crippen LogP contribution in [0.5, 0.6) is 0 Å². The molecular weight excluding hydrogens is 562 g/mol. The molecule has 0 radical (unpaired) electrons. The summed E-state index contributed by atoms with van der Waals surface area (Å²) < 4.78 is 26.7. The largest absolute Gasteiger partial charge is 0.354 e. The van der Waals surface area contributed by atoms with E-state index >= 15 is 0 Å². The second kappa shape index (κ2) is 13.3. The van der Waals surface area contributed by atoms with E-state index in [0.717, 1.165) is 9.87 Å². The number of carbonyl (C=O) groups is 3. The highest BCUT2D eigenvalue weighted by molar-refractivity contribution is 7.90. The Morgan fingerprint density at radius 1 is 0.951 bits per heavy atom. The van der Waals surface area contributed by atoms with Crippen LogP contribution in [-0.2, 0) is 32.6 Å². The summed E-state index contributed by atoms with van der Waals surface area (Å²) >= 11 is 6.45. The average Bonchev–Trinajstić information content (AvgIpc) is 3.15. The number of carbonyl (C=O) groups excluding carboxylic acids is 3. The van der Waals surface area contributed by atoms with E-state index < -0.39 is 22.0 Å². The SMILES string of the molecule is CC(C)CNC(=O)[C@H](Cc1ccccc1)N(Cc1ccccc1Cl)C(=O)CCCN1C(=O)c2ccccc2S1(=O)=O. The van der Waals surface area contributed by atoms with Crippen LogP contribution in [0, 0.1) is 5.92 Å². The van der Waals surface area contributed by atoms with Gasteiger partial charge in [0.05, 0.1) is 5.56 Å². The molecule has 1 heterocycles. The lowest BCUT2D eigenvalue weighted by molar-refractivity contribution is -0.141. The van der Waals surface area contributed by atoms with E-state index in [1.54, 1.807) is 30.3 Å². The predicted molar refractivity (Wildman–Crippen MR) is 158 cm³/mol. The van der Waals surface area contributed by atoms with Crippen LogP contribution in [0.3, 0.4) is 0 Å². The van der Waals surface area contributed by atoms with E-state index in [1.165, 1.54) is 17.0 Å². The Kier molecular flexibility index (Phi) is 9.83. The van der Waals surface area contributed by atoms with Crippen molar-refractivity contribution in [2.45, 2.75) is 50.6 Å². The third-order valence-corrected chi connectivity index (χ3v) is 9.13. The molecule has 0 saturated heterocycles. The molecule has 3 aromatic rings. The molecule has 3 amide bonds. The van der Waals surface area contributed by atoms with Crippen molar-refractivity contribution >= 4 is 39.3 Å². The van der Waals surface area contributed by atoms with E-state index in [2.05, 4.69) is 5.32 Å². The zero-order valence-corrected chi connectivity index (χ0v) is 24.7. The smallest absolute Gasteiger partial charge is 0.269 e. The Morgan fingerprint density at radius 3 is 2.29 bits per heavy atom. The first-order chi connectivity index (χ1) is 19.6. The summed E-state index contributed by atoms with van der Waals surface area (Å²) in [7, 11) is -3.98. The van der Waals surface area contributed by atoms with Gasteiger partial charge in [0, 0.05) is 37.5 Å². The molecule has 0 bridgehead atoms. The highest BCUT2D eigenvalue weighted by atomic mass is 35.5. The van der Waals surface area contributed by atoms with Gasteiger partial charge in [0.15, 0.2) is 0 Å². The minimum atomic E-state index is -3.98. The van der Waals surface area contributed by atoms with Crippen LogP contribution in [0.25, 0.3) is 0 Å². The molecule has 1 atom stereocenters. The Hall–Kier alpha value is -3.69. The third-order valence-electron chi connectivity index (χ3n) is 6.92. The minimum absolute atomic E-state index is 0.0265. The van der Waals surface area contributed by atoms with E-state index in [0.29, 0.717) is 17.1 Å². The molecule has 1 aliphatic heterocycles. The Bertz CT molecular complexity index is 1510. The number of halogens is 1. The van der Waals surface area contributed by atoms with E-state index in [1.807, 2.05) is 50.2 Å². The quantitative estimate of drug-likeness (QED) is 0.327. The first kappa shape index (κ1) is 30.3. The van der Waals surface area contributed by atoms with Crippen molar-refractivity contribution in [3.63, 3.8) is 0 Å². The fourth-order valence-electron chi connectivity index (χ4n) is 4.76. The maximum Gasteiger partial charge on any atom is 0.269 e. The second-order valence-corrected chi connectivity index (χ2v) is 12.7. The molecule has 8 nitrogen and oxygen atoms in total. The first-order valence-electron chi connectivity index (χ1n) is 13.6. The molecule has 0 fully saturated rings. The summed E-state index contributed by atoms with van der Waals surface area (Å²) in [6.07, 6.45) is 0.320.